The first-order chi connectivity index (χ1) is 13.2. The van der Waals surface area contributed by atoms with Crippen molar-refractivity contribution in [3.63, 3.8) is 0 Å². The van der Waals surface area contributed by atoms with E-state index in [9.17, 15) is 23.5 Å². The summed E-state index contributed by atoms with van der Waals surface area (Å²) in [5.74, 6) is -3.84. The monoisotopic (exact) mass is 427 g/mol. The van der Waals surface area contributed by atoms with Crippen LogP contribution in [0.2, 0.25) is 10.0 Å². The van der Waals surface area contributed by atoms with Crippen molar-refractivity contribution in [2.75, 3.05) is 6.54 Å². The fourth-order valence-corrected chi connectivity index (χ4v) is 2.89. The molecule has 2 amide bonds. The fourth-order valence-electron chi connectivity index (χ4n) is 2.36. The molecule has 6 nitrogen and oxygen atoms in total. The van der Waals surface area contributed by atoms with E-state index in [2.05, 4.69) is 10.6 Å². The highest BCUT2D eigenvalue weighted by atomic mass is 35.5. The molecule has 0 aliphatic heterocycles. The molecule has 2 aromatic rings. The molecule has 0 aromatic heterocycles. The van der Waals surface area contributed by atoms with E-state index in [1.165, 1.54) is 12.1 Å². The van der Waals surface area contributed by atoms with E-state index in [0.29, 0.717) is 11.6 Å². The predicted octanol–water partition coefficient (Wildman–Crippen LogP) is 2.96. The highest BCUT2D eigenvalue weighted by molar-refractivity contribution is 6.37. The summed E-state index contributed by atoms with van der Waals surface area (Å²) in [6.45, 7) is -0.309. The van der Waals surface area contributed by atoms with Crippen LogP contribution in [0.4, 0.5) is 8.78 Å². The molecule has 10 heteroatoms. The Morgan fingerprint density at radius 3 is 2.21 bits per heavy atom. The summed E-state index contributed by atoms with van der Waals surface area (Å²) in [4.78, 5) is 24.6. The molecule has 0 spiro atoms. The minimum atomic E-state index is -1.20. The number of carbonyl (C=O) groups is 2. The van der Waals surface area contributed by atoms with Gasteiger partial charge < -0.3 is 15.7 Å². The van der Waals surface area contributed by atoms with Gasteiger partial charge in [-0.3, -0.25) is 9.59 Å². The molecular formula is C18H13Cl2F2N3O3. The Balaban J connectivity index is 2.27. The van der Waals surface area contributed by atoms with E-state index in [4.69, 9.17) is 28.5 Å². The van der Waals surface area contributed by atoms with Crippen molar-refractivity contribution in [2.24, 2.45) is 0 Å². The number of rotatable bonds is 6. The molecule has 1 atom stereocenters. The van der Waals surface area contributed by atoms with Crippen molar-refractivity contribution >= 4 is 35.0 Å². The largest absolute Gasteiger partial charge is 0.505 e. The van der Waals surface area contributed by atoms with Gasteiger partial charge in [0.1, 0.15) is 24.2 Å². The molecule has 0 saturated heterocycles. The zero-order valence-corrected chi connectivity index (χ0v) is 15.6. The summed E-state index contributed by atoms with van der Waals surface area (Å²) in [6, 6.07) is 5.45. The van der Waals surface area contributed by atoms with Gasteiger partial charge in [0.25, 0.3) is 5.91 Å². The first kappa shape index (κ1) is 21.4. The van der Waals surface area contributed by atoms with Crippen LogP contribution in [0.25, 0.3) is 0 Å². The van der Waals surface area contributed by atoms with Gasteiger partial charge in [0.15, 0.2) is 5.75 Å². The number of amides is 2. The number of aromatic hydroxyl groups is 1. The number of nitrogens with zero attached hydrogens (tertiary/aromatic N) is 1. The second kappa shape index (κ2) is 9.35. The van der Waals surface area contributed by atoms with Crippen molar-refractivity contribution in [3.05, 3.63) is 63.1 Å². The van der Waals surface area contributed by atoms with Gasteiger partial charge in [-0.15, -0.1) is 0 Å². The standard InChI is InChI=1S/C18H13Cl2F2N3O3/c19-13-3-9(4-14(20)16(13)26)5-15(18(28)24-2-1-23)25-17(27)10-6-11(21)8-12(22)7-10/h3-4,6-8,15,26H,2,5H2,(H,24,28)(H,25,27)/t15-/m0/s1. The summed E-state index contributed by atoms with van der Waals surface area (Å²) in [5.41, 5.74) is 0.0768. The van der Waals surface area contributed by atoms with Crippen molar-refractivity contribution in [1.29, 1.82) is 5.26 Å². The maximum Gasteiger partial charge on any atom is 0.252 e. The van der Waals surface area contributed by atoms with Gasteiger partial charge in [0.05, 0.1) is 16.1 Å². The lowest BCUT2D eigenvalue weighted by Gasteiger charge is -2.18. The smallest absolute Gasteiger partial charge is 0.252 e. The highest BCUT2D eigenvalue weighted by Crippen LogP contribution is 2.33. The Morgan fingerprint density at radius 1 is 1.11 bits per heavy atom. The molecule has 2 aromatic carbocycles. The molecule has 0 heterocycles. The SMILES string of the molecule is N#CCNC(=O)[C@H](Cc1cc(Cl)c(O)c(Cl)c1)NC(=O)c1cc(F)cc(F)c1. The van der Waals surface area contributed by atoms with Crippen LogP contribution in [0.15, 0.2) is 30.3 Å². The quantitative estimate of drug-likeness (QED) is 0.616. The number of benzene rings is 2. The Labute approximate surface area is 168 Å². The van der Waals surface area contributed by atoms with Gasteiger partial charge in [-0.05, 0) is 29.8 Å². The van der Waals surface area contributed by atoms with E-state index in [1.807, 2.05) is 0 Å². The second-order valence-electron chi connectivity index (χ2n) is 5.67. The summed E-state index contributed by atoms with van der Waals surface area (Å²) < 4.78 is 26.7. The number of hydrogen-bond acceptors (Lipinski definition) is 4. The minimum Gasteiger partial charge on any atom is -0.505 e. The zero-order valence-electron chi connectivity index (χ0n) is 14.1. The normalized spacial score (nSPS) is 11.4. The van der Waals surface area contributed by atoms with Gasteiger partial charge in [0.2, 0.25) is 5.91 Å². The summed E-state index contributed by atoms with van der Waals surface area (Å²) in [6.07, 6.45) is -0.111. The molecule has 0 aliphatic carbocycles. The second-order valence-corrected chi connectivity index (χ2v) is 6.49. The third kappa shape index (κ3) is 5.55. The molecule has 0 radical (unpaired) electrons. The molecule has 0 aliphatic rings. The number of phenols is 1. The Bertz CT molecular complexity index is 920. The van der Waals surface area contributed by atoms with Crippen molar-refractivity contribution < 1.29 is 23.5 Å². The third-order valence-electron chi connectivity index (χ3n) is 3.60. The van der Waals surface area contributed by atoms with E-state index in [0.717, 1.165) is 12.1 Å². The molecule has 0 unspecified atom stereocenters. The maximum atomic E-state index is 13.3. The van der Waals surface area contributed by atoms with Crippen molar-refractivity contribution in [2.45, 2.75) is 12.5 Å². The summed E-state index contributed by atoms with van der Waals surface area (Å²) in [5, 5.41) is 22.8. The highest BCUT2D eigenvalue weighted by Gasteiger charge is 2.23. The van der Waals surface area contributed by atoms with E-state index in [-0.39, 0.29) is 34.3 Å². The predicted molar refractivity (Wildman–Crippen MR) is 98.1 cm³/mol. The van der Waals surface area contributed by atoms with Crippen LogP contribution in [0.5, 0.6) is 5.75 Å². The molecule has 3 N–H and O–H groups in total. The van der Waals surface area contributed by atoms with E-state index < -0.39 is 29.5 Å². The number of carbonyl (C=O) groups excluding carboxylic acids is 2. The Hall–Kier alpha value is -2.89. The number of hydrogen-bond donors (Lipinski definition) is 3. The molecule has 0 bridgehead atoms. The molecular weight excluding hydrogens is 415 g/mol. The van der Waals surface area contributed by atoms with Gasteiger partial charge in [-0.1, -0.05) is 23.2 Å². The van der Waals surface area contributed by atoms with Crippen LogP contribution in [0.3, 0.4) is 0 Å². The summed E-state index contributed by atoms with van der Waals surface area (Å²) >= 11 is 11.7. The Morgan fingerprint density at radius 2 is 1.68 bits per heavy atom. The summed E-state index contributed by atoms with van der Waals surface area (Å²) in [7, 11) is 0. The van der Waals surface area contributed by atoms with Gasteiger partial charge in [-0.25, -0.2) is 8.78 Å². The van der Waals surface area contributed by atoms with Crippen LogP contribution >= 0.6 is 23.2 Å². The number of nitriles is 1. The third-order valence-corrected chi connectivity index (χ3v) is 4.18. The molecule has 28 heavy (non-hydrogen) atoms. The maximum absolute atomic E-state index is 13.3. The van der Waals surface area contributed by atoms with Crippen LogP contribution < -0.4 is 10.6 Å². The zero-order chi connectivity index (χ0) is 20.8. The topological polar surface area (TPSA) is 102 Å². The Kier molecular flexibility index (Phi) is 7.15. The van der Waals surface area contributed by atoms with E-state index in [1.54, 1.807) is 6.07 Å². The lowest BCUT2D eigenvalue weighted by atomic mass is 10.0. The van der Waals surface area contributed by atoms with Gasteiger partial charge in [-0.2, -0.15) is 5.26 Å². The van der Waals surface area contributed by atoms with Crippen LogP contribution in [0, 0.1) is 23.0 Å². The lowest BCUT2D eigenvalue weighted by Crippen LogP contribution is -2.48. The molecule has 2 rings (SSSR count). The van der Waals surface area contributed by atoms with Crippen LogP contribution in [-0.4, -0.2) is 29.5 Å². The lowest BCUT2D eigenvalue weighted by molar-refractivity contribution is -0.122. The first-order valence-corrected chi connectivity index (χ1v) is 8.55. The first-order valence-electron chi connectivity index (χ1n) is 7.79. The average Bonchev–Trinajstić information content (AvgIpc) is 2.62. The molecule has 0 saturated carbocycles. The van der Waals surface area contributed by atoms with Gasteiger partial charge in [0, 0.05) is 18.1 Å². The van der Waals surface area contributed by atoms with E-state index >= 15 is 0 Å². The van der Waals surface area contributed by atoms with Crippen LogP contribution in [-0.2, 0) is 11.2 Å². The van der Waals surface area contributed by atoms with Crippen molar-refractivity contribution in [1.82, 2.24) is 10.6 Å². The van der Waals surface area contributed by atoms with Crippen LogP contribution in [0.1, 0.15) is 15.9 Å². The average molecular weight is 428 g/mol. The van der Waals surface area contributed by atoms with Crippen molar-refractivity contribution in [3.8, 4) is 11.8 Å². The minimum absolute atomic E-state index is 0.0581. The number of nitrogens with one attached hydrogen (secondary N) is 2. The number of phenolic OH excluding ortho intramolecular Hbond substituents is 1. The number of halogens is 4. The van der Waals surface area contributed by atoms with Gasteiger partial charge >= 0.3 is 0 Å². The molecule has 146 valence electrons. The fraction of sp³-hybridized carbons (Fsp3) is 0.167. The molecule has 0 fully saturated rings.